The van der Waals surface area contributed by atoms with Crippen molar-refractivity contribution < 1.29 is 18.1 Å². The summed E-state index contributed by atoms with van der Waals surface area (Å²) < 4.78 is 23.2. The first-order chi connectivity index (χ1) is 11.8. The summed E-state index contributed by atoms with van der Waals surface area (Å²) in [6, 6.07) is 5.41. The molecule has 0 saturated carbocycles. The van der Waals surface area contributed by atoms with E-state index >= 15 is 0 Å². The van der Waals surface area contributed by atoms with Crippen LogP contribution >= 0.6 is 23.2 Å². The van der Waals surface area contributed by atoms with Gasteiger partial charge in [-0.25, -0.2) is 8.42 Å². The standard InChI is InChI=1S/C17H20Cl2N2O3S/c18-15-3-1-13(11-16(15)19)2-4-17(22)21-8-6-20(7-9-21)14-5-10-25(23,24)12-14/h1-4,11,14H,5-10,12H2/p+1/b4-2+/t14-/m0/s1. The molecule has 0 unspecified atom stereocenters. The van der Waals surface area contributed by atoms with Gasteiger partial charge in [0, 0.05) is 12.5 Å². The predicted molar refractivity (Wildman–Crippen MR) is 99.8 cm³/mol. The second kappa shape index (κ2) is 7.66. The number of carbonyl (C=O) groups is 1. The van der Waals surface area contributed by atoms with Gasteiger partial charge in [-0.2, -0.15) is 0 Å². The van der Waals surface area contributed by atoms with E-state index in [-0.39, 0.29) is 17.7 Å². The molecule has 0 aliphatic carbocycles. The number of sulfone groups is 1. The van der Waals surface area contributed by atoms with Crippen LogP contribution in [0.15, 0.2) is 24.3 Å². The number of amides is 1. The van der Waals surface area contributed by atoms with Gasteiger partial charge in [0.25, 0.3) is 0 Å². The number of hydrogen-bond acceptors (Lipinski definition) is 3. The number of carbonyl (C=O) groups excluding carboxylic acids is 1. The molecule has 25 heavy (non-hydrogen) atoms. The highest BCUT2D eigenvalue weighted by molar-refractivity contribution is 7.91. The molecule has 1 N–H and O–H groups in total. The number of benzene rings is 1. The van der Waals surface area contributed by atoms with Crippen molar-refractivity contribution in [3.63, 3.8) is 0 Å². The highest BCUT2D eigenvalue weighted by Crippen LogP contribution is 2.23. The third-order valence-electron chi connectivity index (χ3n) is 4.89. The van der Waals surface area contributed by atoms with Crippen molar-refractivity contribution in [2.75, 3.05) is 37.7 Å². The van der Waals surface area contributed by atoms with E-state index in [1.54, 1.807) is 35.3 Å². The first-order valence-electron chi connectivity index (χ1n) is 8.31. The first-order valence-corrected chi connectivity index (χ1v) is 10.9. The van der Waals surface area contributed by atoms with Gasteiger partial charge in [-0.05, 0) is 23.8 Å². The molecule has 3 rings (SSSR count). The fourth-order valence-electron chi connectivity index (χ4n) is 3.43. The molecule has 2 aliphatic rings. The molecule has 136 valence electrons. The molecule has 0 radical (unpaired) electrons. The Balaban J connectivity index is 1.53. The van der Waals surface area contributed by atoms with Crippen LogP contribution in [0.3, 0.4) is 0 Å². The van der Waals surface area contributed by atoms with Crippen LogP contribution in [0.25, 0.3) is 6.08 Å². The highest BCUT2D eigenvalue weighted by atomic mass is 35.5. The third-order valence-corrected chi connectivity index (χ3v) is 7.40. The Bertz CT molecular complexity index is 787. The van der Waals surface area contributed by atoms with E-state index in [0.717, 1.165) is 25.1 Å². The van der Waals surface area contributed by atoms with E-state index in [9.17, 15) is 13.2 Å². The fraction of sp³-hybridized carbons (Fsp3) is 0.471. The van der Waals surface area contributed by atoms with Gasteiger partial charge in [0.1, 0.15) is 11.8 Å². The Labute approximate surface area is 158 Å². The predicted octanol–water partition coefficient (Wildman–Crippen LogP) is 0.921. The molecule has 8 heteroatoms. The summed E-state index contributed by atoms with van der Waals surface area (Å²) in [6.45, 7) is 2.89. The first kappa shape index (κ1) is 18.7. The Morgan fingerprint density at radius 3 is 2.52 bits per heavy atom. The number of hydrogen-bond donors (Lipinski definition) is 1. The summed E-state index contributed by atoms with van der Waals surface area (Å²) in [7, 11) is -2.85. The van der Waals surface area contributed by atoms with Crippen LogP contribution in [0.2, 0.25) is 10.0 Å². The highest BCUT2D eigenvalue weighted by Gasteiger charge is 2.37. The van der Waals surface area contributed by atoms with Crippen molar-refractivity contribution in [1.82, 2.24) is 4.90 Å². The largest absolute Gasteiger partial charge is 0.329 e. The topological polar surface area (TPSA) is 58.9 Å². The molecule has 0 bridgehead atoms. The van der Waals surface area contributed by atoms with E-state index in [1.807, 2.05) is 0 Å². The Morgan fingerprint density at radius 2 is 1.92 bits per heavy atom. The van der Waals surface area contributed by atoms with Crippen molar-refractivity contribution in [2.24, 2.45) is 0 Å². The lowest BCUT2D eigenvalue weighted by molar-refractivity contribution is -0.925. The van der Waals surface area contributed by atoms with Crippen molar-refractivity contribution in [2.45, 2.75) is 12.5 Å². The van der Waals surface area contributed by atoms with Crippen LogP contribution in [0.1, 0.15) is 12.0 Å². The van der Waals surface area contributed by atoms with Gasteiger partial charge in [0.05, 0.1) is 42.0 Å². The summed E-state index contributed by atoms with van der Waals surface area (Å²) in [5.74, 6) is 0.549. The molecule has 2 fully saturated rings. The zero-order valence-electron chi connectivity index (χ0n) is 13.7. The van der Waals surface area contributed by atoms with E-state index in [4.69, 9.17) is 23.2 Å². The zero-order chi connectivity index (χ0) is 18.0. The third kappa shape index (κ3) is 4.76. The summed E-state index contributed by atoms with van der Waals surface area (Å²) in [5, 5.41) is 0.943. The molecule has 1 atom stereocenters. The lowest BCUT2D eigenvalue weighted by atomic mass is 10.2. The van der Waals surface area contributed by atoms with Gasteiger partial charge in [0.15, 0.2) is 9.84 Å². The molecule has 2 heterocycles. The minimum Gasteiger partial charge on any atom is -0.329 e. The van der Waals surface area contributed by atoms with Gasteiger partial charge in [0.2, 0.25) is 5.91 Å². The average Bonchev–Trinajstić information content (AvgIpc) is 2.96. The summed E-state index contributed by atoms with van der Waals surface area (Å²) in [5.41, 5.74) is 0.822. The molecule has 1 amide bonds. The molecule has 5 nitrogen and oxygen atoms in total. The molecule has 1 aromatic carbocycles. The zero-order valence-corrected chi connectivity index (χ0v) is 16.1. The quantitative estimate of drug-likeness (QED) is 0.763. The van der Waals surface area contributed by atoms with Crippen LogP contribution < -0.4 is 4.90 Å². The van der Waals surface area contributed by atoms with Crippen LogP contribution in [0, 0.1) is 0 Å². The van der Waals surface area contributed by atoms with Gasteiger partial charge >= 0.3 is 0 Å². The second-order valence-electron chi connectivity index (χ2n) is 6.59. The Hall–Kier alpha value is -1.08. The average molecular weight is 404 g/mol. The minimum absolute atomic E-state index is 0.0378. The van der Waals surface area contributed by atoms with Crippen LogP contribution in [0.5, 0.6) is 0 Å². The maximum absolute atomic E-state index is 12.3. The van der Waals surface area contributed by atoms with Crippen LogP contribution in [-0.4, -0.2) is 63.0 Å². The molecular formula is C17H21Cl2N2O3S+. The molecule has 2 saturated heterocycles. The number of halogens is 2. The number of nitrogens with one attached hydrogen (secondary N) is 1. The Morgan fingerprint density at radius 1 is 1.20 bits per heavy atom. The number of piperazine rings is 1. The van der Waals surface area contributed by atoms with Gasteiger partial charge < -0.3 is 9.80 Å². The summed E-state index contributed by atoms with van der Waals surface area (Å²) in [6.07, 6.45) is 4.01. The van der Waals surface area contributed by atoms with Crippen molar-refractivity contribution >= 4 is 45.0 Å². The van der Waals surface area contributed by atoms with Crippen LogP contribution in [-0.2, 0) is 14.6 Å². The maximum Gasteiger partial charge on any atom is 0.246 e. The number of nitrogens with zero attached hydrogens (tertiary/aromatic N) is 1. The van der Waals surface area contributed by atoms with Crippen molar-refractivity contribution in [3.05, 3.63) is 39.9 Å². The molecule has 0 aromatic heterocycles. The molecule has 2 aliphatic heterocycles. The maximum atomic E-state index is 12.3. The summed E-state index contributed by atoms with van der Waals surface area (Å²) >= 11 is 11.8. The summed E-state index contributed by atoms with van der Waals surface area (Å²) in [4.78, 5) is 15.4. The lowest BCUT2D eigenvalue weighted by Gasteiger charge is -2.34. The van der Waals surface area contributed by atoms with E-state index < -0.39 is 9.84 Å². The van der Waals surface area contributed by atoms with Crippen molar-refractivity contribution in [3.8, 4) is 0 Å². The lowest BCUT2D eigenvalue weighted by Crippen LogP contribution is -3.18. The molecule has 1 aromatic rings. The normalized spacial score (nSPS) is 24.1. The second-order valence-corrected chi connectivity index (χ2v) is 9.63. The van der Waals surface area contributed by atoms with Gasteiger partial charge in [-0.1, -0.05) is 29.3 Å². The van der Waals surface area contributed by atoms with E-state index in [2.05, 4.69) is 0 Å². The van der Waals surface area contributed by atoms with Crippen molar-refractivity contribution in [1.29, 1.82) is 0 Å². The van der Waals surface area contributed by atoms with Gasteiger partial charge in [-0.15, -0.1) is 0 Å². The van der Waals surface area contributed by atoms with E-state index in [1.165, 1.54) is 4.90 Å². The number of quaternary nitrogens is 1. The molecule has 0 spiro atoms. The fourth-order valence-corrected chi connectivity index (χ4v) is 5.56. The monoisotopic (exact) mass is 403 g/mol. The van der Waals surface area contributed by atoms with E-state index in [0.29, 0.717) is 28.9 Å². The van der Waals surface area contributed by atoms with Gasteiger partial charge in [-0.3, -0.25) is 4.79 Å². The number of rotatable bonds is 3. The smallest absolute Gasteiger partial charge is 0.246 e. The Kier molecular flexibility index (Phi) is 5.73. The SMILES string of the molecule is O=C(/C=C/c1ccc(Cl)c(Cl)c1)N1CC[NH+]([C@H]2CCS(=O)(=O)C2)CC1. The molecular weight excluding hydrogens is 383 g/mol. The minimum atomic E-state index is -2.85. The van der Waals surface area contributed by atoms with Crippen LogP contribution in [0.4, 0.5) is 0 Å².